The summed E-state index contributed by atoms with van der Waals surface area (Å²) in [4.78, 5) is 27.1. The van der Waals surface area contributed by atoms with Crippen LogP contribution < -0.4 is 15.0 Å². The smallest absolute Gasteiger partial charge is 0.338 e. The van der Waals surface area contributed by atoms with E-state index in [1.54, 1.807) is 43.3 Å². The normalized spacial score (nSPS) is 13.7. The van der Waals surface area contributed by atoms with Gasteiger partial charge in [-0.1, -0.05) is 0 Å². The lowest BCUT2D eigenvalue weighted by Crippen LogP contribution is -2.36. The number of morpholine rings is 1. The van der Waals surface area contributed by atoms with Crippen LogP contribution in [0.5, 0.6) is 5.75 Å². The highest BCUT2D eigenvalue weighted by Crippen LogP contribution is 2.29. The Hall–Kier alpha value is -3.06. The molecule has 154 valence electrons. The number of nitrogens with one attached hydrogen (secondary N) is 1. The van der Waals surface area contributed by atoms with Gasteiger partial charge in [-0.2, -0.15) is 0 Å². The molecule has 1 heterocycles. The van der Waals surface area contributed by atoms with Gasteiger partial charge in [-0.25, -0.2) is 4.79 Å². The molecule has 1 fully saturated rings. The van der Waals surface area contributed by atoms with Crippen molar-refractivity contribution in [1.29, 1.82) is 0 Å². The first-order valence-corrected chi connectivity index (χ1v) is 9.80. The van der Waals surface area contributed by atoms with Gasteiger partial charge in [0.15, 0.2) is 0 Å². The predicted octanol–water partition coefficient (Wildman–Crippen LogP) is 3.35. The van der Waals surface area contributed by atoms with Crippen LogP contribution >= 0.6 is 0 Å². The number of rotatable bonds is 7. The van der Waals surface area contributed by atoms with E-state index in [9.17, 15) is 9.59 Å². The Labute approximate surface area is 170 Å². The fraction of sp³-hybridized carbons (Fsp3) is 0.364. The van der Waals surface area contributed by atoms with Crippen LogP contribution in [-0.2, 0) is 9.47 Å². The highest BCUT2D eigenvalue weighted by molar-refractivity contribution is 6.07. The lowest BCUT2D eigenvalue weighted by Gasteiger charge is -2.30. The summed E-state index contributed by atoms with van der Waals surface area (Å²) in [6.07, 6.45) is 0. The Bertz CT molecular complexity index is 845. The summed E-state index contributed by atoms with van der Waals surface area (Å²) < 4.78 is 15.9. The topological polar surface area (TPSA) is 77.1 Å². The van der Waals surface area contributed by atoms with Gasteiger partial charge in [0.2, 0.25) is 0 Å². The van der Waals surface area contributed by atoms with Crippen LogP contribution in [0.1, 0.15) is 34.6 Å². The van der Waals surface area contributed by atoms with Gasteiger partial charge in [-0.05, 0) is 56.3 Å². The molecule has 0 aromatic heterocycles. The van der Waals surface area contributed by atoms with Crippen molar-refractivity contribution >= 4 is 23.3 Å². The summed E-state index contributed by atoms with van der Waals surface area (Å²) in [5.74, 6) is 0.0310. The van der Waals surface area contributed by atoms with Crippen molar-refractivity contribution in [3.63, 3.8) is 0 Å². The first-order chi connectivity index (χ1) is 14.1. The lowest BCUT2D eigenvalue weighted by atomic mass is 10.1. The monoisotopic (exact) mass is 398 g/mol. The Kier molecular flexibility index (Phi) is 7.08. The number of amides is 1. The Balaban J connectivity index is 1.86. The molecule has 1 amide bonds. The standard InChI is InChI=1S/C22H26N2O5/c1-3-28-18-8-5-16(6-9-18)21(25)23-19-15-17(22(26)29-4-2)7-10-20(19)24-11-13-27-14-12-24/h5-10,15H,3-4,11-14H2,1-2H3,(H,23,25). The van der Waals surface area contributed by atoms with Gasteiger partial charge < -0.3 is 24.4 Å². The molecule has 29 heavy (non-hydrogen) atoms. The fourth-order valence-corrected chi connectivity index (χ4v) is 3.12. The molecule has 0 aliphatic carbocycles. The van der Waals surface area contributed by atoms with E-state index in [0.717, 1.165) is 5.69 Å². The molecule has 2 aromatic rings. The third kappa shape index (κ3) is 5.26. The molecule has 0 radical (unpaired) electrons. The van der Waals surface area contributed by atoms with Gasteiger partial charge in [0.25, 0.3) is 5.91 Å². The minimum Gasteiger partial charge on any atom is -0.494 e. The molecule has 7 heteroatoms. The average Bonchev–Trinajstić information content (AvgIpc) is 2.75. The van der Waals surface area contributed by atoms with E-state index in [2.05, 4.69) is 10.2 Å². The van der Waals surface area contributed by atoms with Crippen molar-refractivity contribution in [2.45, 2.75) is 13.8 Å². The number of hydrogen-bond donors (Lipinski definition) is 1. The number of esters is 1. The zero-order valence-corrected chi connectivity index (χ0v) is 16.8. The van der Waals surface area contributed by atoms with Gasteiger partial charge >= 0.3 is 5.97 Å². The van der Waals surface area contributed by atoms with Crippen molar-refractivity contribution in [3.8, 4) is 5.75 Å². The second kappa shape index (κ2) is 9.93. The SMILES string of the molecule is CCOC(=O)c1ccc(N2CCOCC2)c(NC(=O)c2ccc(OCC)cc2)c1. The predicted molar refractivity (Wildman–Crippen MR) is 111 cm³/mol. The second-order valence-corrected chi connectivity index (χ2v) is 6.46. The zero-order valence-electron chi connectivity index (χ0n) is 16.8. The number of nitrogens with zero attached hydrogens (tertiary/aromatic N) is 1. The van der Waals surface area contributed by atoms with E-state index in [-0.39, 0.29) is 12.5 Å². The second-order valence-electron chi connectivity index (χ2n) is 6.46. The van der Waals surface area contributed by atoms with E-state index in [1.165, 1.54) is 0 Å². The molecule has 0 unspecified atom stereocenters. The number of benzene rings is 2. The van der Waals surface area contributed by atoms with E-state index < -0.39 is 5.97 Å². The molecule has 0 bridgehead atoms. The highest BCUT2D eigenvalue weighted by atomic mass is 16.5. The molecule has 3 rings (SSSR count). The largest absolute Gasteiger partial charge is 0.494 e. The van der Waals surface area contributed by atoms with Crippen molar-refractivity contribution in [3.05, 3.63) is 53.6 Å². The number of carbonyl (C=O) groups excluding carboxylic acids is 2. The molecular formula is C22H26N2O5. The van der Waals surface area contributed by atoms with Crippen molar-refractivity contribution in [1.82, 2.24) is 0 Å². The number of hydrogen-bond acceptors (Lipinski definition) is 6. The van der Waals surface area contributed by atoms with Gasteiger partial charge in [-0.15, -0.1) is 0 Å². The first kappa shape index (κ1) is 20.7. The molecular weight excluding hydrogens is 372 g/mol. The van der Waals surface area contributed by atoms with Crippen LogP contribution in [0.2, 0.25) is 0 Å². The summed E-state index contributed by atoms with van der Waals surface area (Å²) in [6, 6.07) is 12.2. The summed E-state index contributed by atoms with van der Waals surface area (Å²) >= 11 is 0. The third-order valence-corrected chi connectivity index (χ3v) is 4.54. The van der Waals surface area contributed by atoms with Crippen LogP contribution in [0, 0.1) is 0 Å². The van der Waals surface area contributed by atoms with Crippen molar-refractivity contribution in [2.75, 3.05) is 49.7 Å². The Morgan fingerprint density at radius 3 is 2.34 bits per heavy atom. The fourth-order valence-electron chi connectivity index (χ4n) is 3.12. The number of anilines is 2. The molecule has 1 aliphatic rings. The minimum atomic E-state index is -0.419. The third-order valence-electron chi connectivity index (χ3n) is 4.54. The molecule has 0 spiro atoms. The van der Waals surface area contributed by atoms with Gasteiger partial charge in [0.1, 0.15) is 5.75 Å². The summed E-state index contributed by atoms with van der Waals surface area (Å²) in [5.41, 5.74) is 2.31. The van der Waals surface area contributed by atoms with Gasteiger partial charge in [0, 0.05) is 18.7 Å². The molecule has 7 nitrogen and oxygen atoms in total. The molecule has 1 aliphatic heterocycles. The quantitative estimate of drug-likeness (QED) is 0.721. The van der Waals surface area contributed by atoms with E-state index in [4.69, 9.17) is 14.2 Å². The van der Waals surface area contributed by atoms with Crippen LogP contribution in [0.25, 0.3) is 0 Å². The maximum absolute atomic E-state index is 12.8. The zero-order chi connectivity index (χ0) is 20.6. The van der Waals surface area contributed by atoms with Gasteiger partial charge in [-0.3, -0.25) is 4.79 Å². The van der Waals surface area contributed by atoms with Crippen molar-refractivity contribution in [2.24, 2.45) is 0 Å². The average molecular weight is 398 g/mol. The van der Waals surface area contributed by atoms with E-state index in [1.807, 2.05) is 13.0 Å². The van der Waals surface area contributed by atoms with E-state index >= 15 is 0 Å². The highest BCUT2D eigenvalue weighted by Gasteiger charge is 2.19. The van der Waals surface area contributed by atoms with Gasteiger partial charge in [0.05, 0.1) is 43.4 Å². The molecule has 0 saturated carbocycles. The van der Waals surface area contributed by atoms with Crippen LogP contribution in [0.3, 0.4) is 0 Å². The van der Waals surface area contributed by atoms with Crippen LogP contribution in [0.15, 0.2) is 42.5 Å². The maximum Gasteiger partial charge on any atom is 0.338 e. The Morgan fingerprint density at radius 1 is 1.00 bits per heavy atom. The number of ether oxygens (including phenoxy) is 3. The molecule has 2 aromatic carbocycles. The van der Waals surface area contributed by atoms with Crippen LogP contribution in [0.4, 0.5) is 11.4 Å². The molecule has 0 atom stereocenters. The first-order valence-electron chi connectivity index (χ1n) is 9.80. The summed E-state index contributed by atoms with van der Waals surface area (Å²) in [6.45, 7) is 7.18. The maximum atomic E-state index is 12.8. The van der Waals surface area contributed by atoms with E-state index in [0.29, 0.717) is 55.5 Å². The number of carbonyl (C=O) groups is 2. The summed E-state index contributed by atoms with van der Waals surface area (Å²) in [5, 5.41) is 2.94. The molecule has 1 saturated heterocycles. The van der Waals surface area contributed by atoms with Crippen LogP contribution in [-0.4, -0.2) is 51.4 Å². The van der Waals surface area contributed by atoms with Crippen molar-refractivity contribution < 1.29 is 23.8 Å². The lowest BCUT2D eigenvalue weighted by molar-refractivity contribution is 0.0526. The molecule has 1 N–H and O–H groups in total. The summed E-state index contributed by atoms with van der Waals surface area (Å²) in [7, 11) is 0. The Morgan fingerprint density at radius 2 is 1.69 bits per heavy atom. The minimum absolute atomic E-state index is 0.261.